The van der Waals surface area contributed by atoms with Crippen LogP contribution < -0.4 is 5.32 Å². The Morgan fingerprint density at radius 2 is 2.08 bits per heavy atom. The molecule has 1 aliphatic carbocycles. The minimum Gasteiger partial charge on any atom is -0.393 e. The van der Waals surface area contributed by atoms with Crippen molar-refractivity contribution in [2.24, 2.45) is 13.0 Å². The number of carbonyl (C=O) groups excluding carboxylic acids is 1. The third-order valence-corrected chi connectivity index (χ3v) is 4.70. The fraction of sp³-hybridized carbons (Fsp3) is 0.444. The highest BCUT2D eigenvalue weighted by Gasteiger charge is 2.37. The molecule has 1 unspecified atom stereocenters. The van der Waals surface area contributed by atoms with Crippen molar-refractivity contribution in [2.75, 3.05) is 0 Å². The smallest absolute Gasteiger partial charge is 0.393 e. The van der Waals surface area contributed by atoms with E-state index in [1.165, 1.54) is 18.2 Å². The molecule has 1 heterocycles. The quantitative estimate of drug-likeness (QED) is 0.854. The van der Waals surface area contributed by atoms with Crippen LogP contribution in [0.4, 0.5) is 13.2 Å². The van der Waals surface area contributed by atoms with E-state index in [2.05, 4.69) is 10.4 Å². The average molecular weight is 367 g/mol. The number of benzene rings is 1. The van der Waals surface area contributed by atoms with E-state index in [4.69, 9.17) is 0 Å². The summed E-state index contributed by atoms with van der Waals surface area (Å²) < 4.78 is 40.9. The van der Waals surface area contributed by atoms with E-state index in [9.17, 15) is 23.1 Å². The minimum absolute atomic E-state index is 0.0380. The second kappa shape index (κ2) is 7.11. The number of aliphatic hydroxyl groups excluding tert-OH is 1. The van der Waals surface area contributed by atoms with Crippen LogP contribution in [0.2, 0.25) is 0 Å². The molecular formula is C18H20F3N3O2. The van der Waals surface area contributed by atoms with Crippen LogP contribution in [-0.2, 0) is 24.4 Å². The highest BCUT2D eigenvalue weighted by molar-refractivity contribution is 5.79. The maximum absolute atomic E-state index is 13.1. The molecule has 8 heteroatoms. The lowest BCUT2D eigenvalue weighted by Crippen LogP contribution is -2.41. The van der Waals surface area contributed by atoms with Crippen LogP contribution in [0.3, 0.4) is 0 Å². The van der Waals surface area contributed by atoms with Gasteiger partial charge >= 0.3 is 6.18 Å². The summed E-state index contributed by atoms with van der Waals surface area (Å²) in [5.41, 5.74) is -0.0786. The van der Waals surface area contributed by atoms with Gasteiger partial charge in [0.2, 0.25) is 5.91 Å². The molecule has 1 aliphatic rings. The number of alkyl halides is 3. The zero-order valence-electron chi connectivity index (χ0n) is 14.2. The van der Waals surface area contributed by atoms with Crippen molar-refractivity contribution in [1.29, 1.82) is 0 Å². The molecule has 1 aromatic heterocycles. The van der Waals surface area contributed by atoms with Crippen LogP contribution >= 0.6 is 0 Å². The van der Waals surface area contributed by atoms with Crippen molar-refractivity contribution in [3.63, 3.8) is 0 Å². The number of carbonyl (C=O) groups is 1. The molecule has 1 saturated carbocycles. The molecule has 2 N–H and O–H groups in total. The Hall–Kier alpha value is -2.35. The largest absolute Gasteiger partial charge is 0.416 e. The second-order valence-corrected chi connectivity index (χ2v) is 6.71. The maximum Gasteiger partial charge on any atom is 0.416 e. The van der Waals surface area contributed by atoms with Gasteiger partial charge in [-0.05, 0) is 30.4 Å². The lowest BCUT2D eigenvalue weighted by molar-refractivity contribution is -0.138. The van der Waals surface area contributed by atoms with E-state index in [1.54, 1.807) is 24.1 Å². The van der Waals surface area contributed by atoms with Gasteiger partial charge in [-0.25, -0.2) is 0 Å². The van der Waals surface area contributed by atoms with Gasteiger partial charge in [-0.3, -0.25) is 9.48 Å². The van der Waals surface area contributed by atoms with Crippen LogP contribution in [0.1, 0.15) is 35.6 Å². The van der Waals surface area contributed by atoms with Crippen molar-refractivity contribution in [1.82, 2.24) is 15.1 Å². The summed E-state index contributed by atoms with van der Waals surface area (Å²) in [5.74, 6) is -0.451. The first kappa shape index (κ1) is 18.4. The van der Waals surface area contributed by atoms with E-state index in [0.29, 0.717) is 12.8 Å². The molecule has 0 spiro atoms. The summed E-state index contributed by atoms with van der Waals surface area (Å²) in [5, 5.41) is 16.5. The highest BCUT2D eigenvalue weighted by Crippen LogP contribution is 2.38. The number of halogens is 3. The van der Waals surface area contributed by atoms with Gasteiger partial charge in [0, 0.05) is 18.8 Å². The van der Waals surface area contributed by atoms with Crippen molar-refractivity contribution in [2.45, 2.75) is 37.6 Å². The second-order valence-electron chi connectivity index (χ2n) is 6.71. The van der Waals surface area contributed by atoms with Gasteiger partial charge in [-0.2, -0.15) is 18.3 Å². The summed E-state index contributed by atoms with van der Waals surface area (Å²) in [4.78, 5) is 12.4. The van der Waals surface area contributed by atoms with Gasteiger partial charge < -0.3 is 10.4 Å². The topological polar surface area (TPSA) is 67.2 Å². The number of aryl methyl sites for hydroxylation is 1. The third kappa shape index (κ3) is 4.07. The lowest BCUT2D eigenvalue weighted by Gasteiger charge is -2.37. The normalized spacial score (nSPS) is 21.1. The Balaban J connectivity index is 1.75. The van der Waals surface area contributed by atoms with Crippen molar-refractivity contribution < 1.29 is 23.1 Å². The van der Waals surface area contributed by atoms with Gasteiger partial charge in [0.15, 0.2) is 0 Å². The Labute approximate surface area is 148 Å². The molecule has 1 fully saturated rings. The van der Waals surface area contributed by atoms with Crippen LogP contribution in [-0.4, -0.2) is 26.9 Å². The van der Waals surface area contributed by atoms with Gasteiger partial charge in [0.1, 0.15) is 0 Å². The van der Waals surface area contributed by atoms with Gasteiger partial charge in [-0.15, -0.1) is 0 Å². The number of nitrogens with zero attached hydrogens (tertiary/aromatic N) is 2. The van der Waals surface area contributed by atoms with Crippen LogP contribution in [0.25, 0.3) is 0 Å². The van der Waals surface area contributed by atoms with Crippen molar-refractivity contribution >= 4 is 5.91 Å². The number of aromatic nitrogens is 2. The van der Waals surface area contributed by atoms with Crippen LogP contribution in [0.5, 0.6) is 0 Å². The van der Waals surface area contributed by atoms with Gasteiger partial charge in [0.25, 0.3) is 0 Å². The maximum atomic E-state index is 13.1. The van der Waals surface area contributed by atoms with E-state index in [0.717, 1.165) is 11.6 Å². The first-order valence-corrected chi connectivity index (χ1v) is 8.35. The van der Waals surface area contributed by atoms with Crippen molar-refractivity contribution in [3.05, 3.63) is 53.3 Å². The fourth-order valence-corrected chi connectivity index (χ4v) is 3.32. The number of hydrogen-bond acceptors (Lipinski definition) is 3. The van der Waals surface area contributed by atoms with Crippen molar-refractivity contribution in [3.8, 4) is 0 Å². The molecule has 140 valence electrons. The molecule has 3 rings (SSSR count). The summed E-state index contributed by atoms with van der Waals surface area (Å²) in [7, 11) is 1.75. The molecule has 0 bridgehead atoms. The monoisotopic (exact) mass is 367 g/mol. The molecule has 2 aromatic rings. The lowest BCUT2D eigenvalue weighted by atomic mass is 9.75. The minimum atomic E-state index is -4.50. The first-order chi connectivity index (χ1) is 12.2. The van der Waals surface area contributed by atoms with Crippen LogP contribution in [0.15, 0.2) is 36.7 Å². The Morgan fingerprint density at radius 1 is 1.38 bits per heavy atom. The summed E-state index contributed by atoms with van der Waals surface area (Å²) >= 11 is 0. The van der Waals surface area contributed by atoms with Gasteiger partial charge in [0.05, 0.1) is 30.3 Å². The predicted octanol–water partition coefficient (Wildman–Crippen LogP) is 2.61. The summed E-state index contributed by atoms with van der Waals surface area (Å²) in [6, 6.07) is 4.70. The standard InChI is InChI=1S/C18H20F3N3O2/c1-24-10-13(9-22-24)17(12-6-14(25)7-12)23-16(26)8-11-4-2-3-5-15(11)18(19,20)21/h2-5,9-10,12,14,17,25H,6-8H2,1H3,(H,23,26). The Morgan fingerprint density at radius 3 is 2.65 bits per heavy atom. The van der Waals surface area contributed by atoms with Crippen LogP contribution in [0, 0.1) is 5.92 Å². The molecule has 1 atom stereocenters. The van der Waals surface area contributed by atoms with E-state index < -0.39 is 23.8 Å². The summed E-state index contributed by atoms with van der Waals surface area (Å²) in [6.07, 6.45) is -0.794. The molecule has 0 radical (unpaired) electrons. The summed E-state index contributed by atoms with van der Waals surface area (Å²) in [6.45, 7) is 0. The average Bonchev–Trinajstić information content (AvgIpc) is 2.96. The van der Waals surface area contributed by atoms with E-state index in [-0.39, 0.29) is 23.9 Å². The van der Waals surface area contributed by atoms with E-state index >= 15 is 0 Å². The molecule has 1 amide bonds. The number of aliphatic hydroxyl groups is 1. The first-order valence-electron chi connectivity index (χ1n) is 8.35. The number of amides is 1. The number of hydrogen-bond donors (Lipinski definition) is 2. The van der Waals surface area contributed by atoms with E-state index in [1.807, 2.05) is 0 Å². The molecule has 0 saturated heterocycles. The fourth-order valence-electron chi connectivity index (χ4n) is 3.32. The van der Waals surface area contributed by atoms with Gasteiger partial charge in [-0.1, -0.05) is 18.2 Å². The molecule has 0 aliphatic heterocycles. The third-order valence-electron chi connectivity index (χ3n) is 4.70. The zero-order valence-corrected chi connectivity index (χ0v) is 14.2. The molecular weight excluding hydrogens is 347 g/mol. The SMILES string of the molecule is Cn1cc(C(NC(=O)Cc2ccccc2C(F)(F)F)C2CC(O)C2)cn1. The number of nitrogens with one attached hydrogen (secondary N) is 1. The molecule has 26 heavy (non-hydrogen) atoms. The Kier molecular flexibility index (Phi) is 5.04. The molecule has 1 aromatic carbocycles. The highest BCUT2D eigenvalue weighted by atomic mass is 19.4. The molecule has 5 nitrogen and oxygen atoms in total. The predicted molar refractivity (Wildman–Crippen MR) is 88.0 cm³/mol. The zero-order chi connectivity index (χ0) is 18.9. The Bertz CT molecular complexity index is 782. The number of rotatable bonds is 5.